The Kier molecular flexibility index (Phi) is 4.72. The molecule has 1 fully saturated rings. The van der Waals surface area contributed by atoms with Crippen LogP contribution in [-0.2, 0) is 6.18 Å². The molecule has 0 amide bonds. The summed E-state index contributed by atoms with van der Waals surface area (Å²) in [5.74, 6) is 1.32. The first kappa shape index (κ1) is 17.8. The van der Waals surface area contributed by atoms with Crippen LogP contribution >= 0.6 is 0 Å². The molecule has 3 aromatic rings. The lowest BCUT2D eigenvalue weighted by Crippen LogP contribution is -2.09. The van der Waals surface area contributed by atoms with Crippen LogP contribution in [0.4, 0.5) is 13.2 Å². The molecule has 27 heavy (non-hydrogen) atoms. The minimum atomic E-state index is -4.50. The van der Waals surface area contributed by atoms with Gasteiger partial charge in [-0.2, -0.15) is 13.2 Å². The van der Waals surface area contributed by atoms with E-state index in [1.807, 2.05) is 6.08 Å². The van der Waals surface area contributed by atoms with Gasteiger partial charge in [0.2, 0.25) is 0 Å². The predicted molar refractivity (Wildman–Crippen MR) is 99.9 cm³/mol. The molecule has 140 valence electrons. The summed E-state index contributed by atoms with van der Waals surface area (Å²) < 4.78 is 39.7. The summed E-state index contributed by atoms with van der Waals surface area (Å²) >= 11 is 0. The van der Waals surface area contributed by atoms with Crippen LogP contribution in [0.25, 0.3) is 28.2 Å². The van der Waals surface area contributed by atoms with Gasteiger partial charge in [0.05, 0.1) is 11.0 Å². The number of allylic oxidation sites excluding steroid dienone is 1. The third kappa shape index (κ3) is 3.89. The van der Waals surface area contributed by atoms with E-state index >= 15 is 0 Å². The number of halogens is 3. The van der Waals surface area contributed by atoms with Crippen molar-refractivity contribution < 1.29 is 13.2 Å². The van der Waals surface area contributed by atoms with Crippen molar-refractivity contribution in [1.82, 2.24) is 15.0 Å². The Hall–Kier alpha value is -2.63. The Morgan fingerprint density at radius 3 is 2.67 bits per heavy atom. The van der Waals surface area contributed by atoms with Gasteiger partial charge in [0, 0.05) is 11.8 Å². The summed E-state index contributed by atoms with van der Waals surface area (Å²) in [6, 6.07) is 8.06. The minimum absolute atomic E-state index is 0.0641. The van der Waals surface area contributed by atoms with Gasteiger partial charge in [-0.05, 0) is 48.6 Å². The first-order chi connectivity index (χ1) is 13.0. The SMILES string of the molecule is FC(F)(F)c1ncccc1-c1ccc2[nH]c(/C=C/C3CCCCC3)nc2c1. The Balaban J connectivity index is 1.65. The van der Waals surface area contributed by atoms with E-state index in [1.54, 1.807) is 18.2 Å². The third-order valence-corrected chi connectivity index (χ3v) is 5.06. The Labute approximate surface area is 155 Å². The maximum atomic E-state index is 13.2. The zero-order valence-corrected chi connectivity index (χ0v) is 14.8. The van der Waals surface area contributed by atoms with E-state index in [4.69, 9.17) is 0 Å². The van der Waals surface area contributed by atoms with Crippen molar-refractivity contribution in [2.75, 3.05) is 0 Å². The number of nitrogens with one attached hydrogen (secondary N) is 1. The van der Waals surface area contributed by atoms with Gasteiger partial charge in [-0.3, -0.25) is 4.98 Å². The molecule has 1 N–H and O–H groups in total. The Morgan fingerprint density at radius 2 is 1.89 bits per heavy atom. The molecular weight excluding hydrogens is 351 g/mol. The van der Waals surface area contributed by atoms with E-state index in [-0.39, 0.29) is 5.56 Å². The number of nitrogens with zero attached hydrogens (tertiary/aromatic N) is 2. The van der Waals surface area contributed by atoms with Gasteiger partial charge in [0.15, 0.2) is 5.69 Å². The number of aromatic nitrogens is 3. The van der Waals surface area contributed by atoms with Gasteiger partial charge < -0.3 is 4.98 Å². The van der Waals surface area contributed by atoms with Crippen LogP contribution in [0, 0.1) is 5.92 Å². The zero-order valence-electron chi connectivity index (χ0n) is 14.8. The molecule has 0 spiro atoms. The van der Waals surface area contributed by atoms with Gasteiger partial charge in [0.25, 0.3) is 0 Å². The number of aromatic amines is 1. The third-order valence-electron chi connectivity index (χ3n) is 5.06. The molecule has 0 atom stereocenters. The largest absolute Gasteiger partial charge is 0.433 e. The number of fused-ring (bicyclic) bond motifs is 1. The summed E-state index contributed by atoms with van der Waals surface area (Å²) in [5.41, 5.74) is 1.09. The van der Waals surface area contributed by atoms with Crippen molar-refractivity contribution in [3.05, 3.63) is 54.1 Å². The van der Waals surface area contributed by atoms with E-state index < -0.39 is 11.9 Å². The van der Waals surface area contributed by atoms with Gasteiger partial charge >= 0.3 is 6.18 Å². The minimum Gasteiger partial charge on any atom is -0.338 e. The van der Waals surface area contributed by atoms with Gasteiger partial charge in [-0.1, -0.05) is 37.5 Å². The monoisotopic (exact) mass is 371 g/mol. The molecule has 0 unspecified atom stereocenters. The Morgan fingerprint density at radius 1 is 1.07 bits per heavy atom. The quantitative estimate of drug-likeness (QED) is 0.592. The lowest BCUT2D eigenvalue weighted by atomic mass is 9.89. The van der Waals surface area contributed by atoms with Crippen LogP contribution in [0.1, 0.15) is 43.6 Å². The molecular formula is C21H20F3N3. The summed E-state index contributed by atoms with van der Waals surface area (Å²) in [6.07, 6.45) is 7.12. The normalized spacial score (nSPS) is 16.4. The summed E-state index contributed by atoms with van der Waals surface area (Å²) in [7, 11) is 0. The highest BCUT2D eigenvalue weighted by Crippen LogP contribution is 2.36. The molecule has 0 saturated heterocycles. The zero-order chi connectivity index (χ0) is 18.9. The molecule has 0 radical (unpaired) electrons. The maximum absolute atomic E-state index is 13.2. The van der Waals surface area contributed by atoms with E-state index in [2.05, 4.69) is 21.0 Å². The summed E-state index contributed by atoms with van der Waals surface area (Å²) in [4.78, 5) is 11.3. The highest BCUT2D eigenvalue weighted by atomic mass is 19.4. The molecule has 2 heterocycles. The van der Waals surface area contributed by atoms with Gasteiger partial charge in [-0.15, -0.1) is 0 Å². The number of hydrogen-bond donors (Lipinski definition) is 1. The summed E-state index contributed by atoms with van der Waals surface area (Å²) in [6.45, 7) is 0. The van der Waals surface area contributed by atoms with Gasteiger partial charge in [0.1, 0.15) is 5.82 Å². The average Bonchev–Trinajstić information content (AvgIpc) is 3.08. The molecule has 2 aromatic heterocycles. The molecule has 1 aliphatic rings. The second kappa shape index (κ2) is 7.18. The van der Waals surface area contributed by atoms with Crippen molar-refractivity contribution >= 4 is 17.1 Å². The maximum Gasteiger partial charge on any atom is 0.433 e. The average molecular weight is 371 g/mol. The van der Waals surface area contributed by atoms with Crippen molar-refractivity contribution in [3.63, 3.8) is 0 Å². The molecule has 0 bridgehead atoms. The fourth-order valence-corrected chi connectivity index (χ4v) is 3.69. The highest BCUT2D eigenvalue weighted by Gasteiger charge is 2.35. The molecule has 1 aliphatic carbocycles. The first-order valence-electron chi connectivity index (χ1n) is 9.21. The number of rotatable bonds is 3. The molecule has 1 aromatic carbocycles. The fraction of sp³-hybridized carbons (Fsp3) is 0.333. The number of alkyl halides is 3. The molecule has 6 heteroatoms. The standard InChI is InChI=1S/C21H20F3N3/c22-21(23,24)20-16(7-4-12-25-20)15-9-10-17-18(13-15)27-19(26-17)11-8-14-5-2-1-3-6-14/h4,7-14H,1-3,5-6H2,(H,26,27)/b11-8+. The number of H-pyrrole nitrogens is 1. The molecule has 4 rings (SSSR count). The lowest BCUT2D eigenvalue weighted by molar-refractivity contribution is -0.140. The number of benzene rings is 1. The second-order valence-corrected chi connectivity index (χ2v) is 7.01. The van der Waals surface area contributed by atoms with Crippen molar-refractivity contribution in [2.24, 2.45) is 5.92 Å². The fourth-order valence-electron chi connectivity index (χ4n) is 3.69. The van der Waals surface area contributed by atoms with Crippen LogP contribution in [0.15, 0.2) is 42.6 Å². The van der Waals surface area contributed by atoms with Gasteiger partial charge in [-0.25, -0.2) is 4.98 Å². The van der Waals surface area contributed by atoms with Crippen molar-refractivity contribution in [2.45, 2.75) is 38.3 Å². The van der Waals surface area contributed by atoms with Crippen LogP contribution in [0.2, 0.25) is 0 Å². The van der Waals surface area contributed by atoms with Crippen molar-refractivity contribution in [3.8, 4) is 11.1 Å². The molecule has 0 aliphatic heterocycles. The number of hydrogen-bond acceptors (Lipinski definition) is 2. The number of imidazole rings is 1. The van der Waals surface area contributed by atoms with E-state index in [1.165, 1.54) is 44.2 Å². The first-order valence-corrected chi connectivity index (χ1v) is 9.21. The van der Waals surface area contributed by atoms with Crippen LogP contribution in [0.5, 0.6) is 0 Å². The Bertz CT molecular complexity index is 966. The van der Waals surface area contributed by atoms with E-state index in [0.717, 1.165) is 17.5 Å². The predicted octanol–water partition coefficient (Wildman–Crippen LogP) is 6.24. The van der Waals surface area contributed by atoms with Crippen LogP contribution < -0.4 is 0 Å². The van der Waals surface area contributed by atoms with E-state index in [9.17, 15) is 13.2 Å². The van der Waals surface area contributed by atoms with Crippen LogP contribution in [0.3, 0.4) is 0 Å². The van der Waals surface area contributed by atoms with E-state index in [0.29, 0.717) is 17.0 Å². The lowest BCUT2D eigenvalue weighted by Gasteiger charge is -2.17. The number of pyridine rings is 1. The van der Waals surface area contributed by atoms with Crippen molar-refractivity contribution in [1.29, 1.82) is 0 Å². The second-order valence-electron chi connectivity index (χ2n) is 7.01. The molecule has 1 saturated carbocycles. The highest BCUT2D eigenvalue weighted by molar-refractivity contribution is 5.83. The van der Waals surface area contributed by atoms with Crippen LogP contribution in [-0.4, -0.2) is 15.0 Å². The summed E-state index contributed by atoms with van der Waals surface area (Å²) in [5, 5.41) is 0. The molecule has 3 nitrogen and oxygen atoms in total. The smallest absolute Gasteiger partial charge is 0.338 e. The topological polar surface area (TPSA) is 41.6 Å².